The number of nitrogens with one attached hydrogen (secondary N) is 2. The van der Waals surface area contributed by atoms with Gasteiger partial charge in [-0.1, -0.05) is 23.7 Å². The number of phenols is 1. The number of hydrogen-bond acceptors (Lipinski definition) is 6. The smallest absolute Gasteiger partial charge is 0.262 e. The van der Waals surface area contributed by atoms with Crippen molar-refractivity contribution in [3.05, 3.63) is 71.2 Å². The van der Waals surface area contributed by atoms with Crippen molar-refractivity contribution in [1.29, 1.82) is 0 Å². The van der Waals surface area contributed by atoms with Gasteiger partial charge < -0.3 is 19.9 Å². The number of ether oxygens (including phenoxy) is 2. The topological polar surface area (TPSA) is 114 Å². The molecule has 0 aliphatic carbocycles. The lowest BCUT2D eigenvalue weighted by Crippen LogP contribution is -2.16. The van der Waals surface area contributed by atoms with E-state index in [-0.39, 0.29) is 33.3 Å². The molecule has 0 fully saturated rings. The molecule has 31 heavy (non-hydrogen) atoms. The molecule has 0 heterocycles. The summed E-state index contributed by atoms with van der Waals surface area (Å²) in [6, 6.07) is 14.5. The summed E-state index contributed by atoms with van der Waals surface area (Å²) in [5.41, 5.74) is 0.261. The number of amides is 1. The van der Waals surface area contributed by atoms with Gasteiger partial charge >= 0.3 is 0 Å². The second-order valence-electron chi connectivity index (χ2n) is 6.28. The predicted molar refractivity (Wildman–Crippen MR) is 118 cm³/mol. The molecule has 0 bridgehead atoms. The number of para-hydroxylation sites is 2. The highest BCUT2D eigenvalue weighted by molar-refractivity contribution is 7.92. The van der Waals surface area contributed by atoms with Gasteiger partial charge in [0.25, 0.3) is 15.9 Å². The largest absolute Gasteiger partial charge is 0.506 e. The number of phenolic OH excluding ortho intramolecular Hbond substituents is 1. The summed E-state index contributed by atoms with van der Waals surface area (Å²) in [7, 11) is -1.22. The van der Waals surface area contributed by atoms with Crippen LogP contribution in [-0.2, 0) is 10.0 Å². The van der Waals surface area contributed by atoms with E-state index in [1.165, 1.54) is 38.5 Å². The standard InChI is InChI=1S/C21H19ClN2O6S/c1-29-19-10-7-13(22)11-15(19)21(26)23-17-12-14(8-9-18(17)25)31(27,28)24-16-5-3-4-6-20(16)30-2/h3-12,24-25H,1-2H3,(H,23,26). The van der Waals surface area contributed by atoms with Gasteiger partial charge in [-0.3, -0.25) is 9.52 Å². The number of carbonyl (C=O) groups is 1. The summed E-state index contributed by atoms with van der Waals surface area (Å²) in [5.74, 6) is -0.345. The molecule has 3 N–H and O–H groups in total. The summed E-state index contributed by atoms with van der Waals surface area (Å²) in [4.78, 5) is 12.5. The Balaban J connectivity index is 1.91. The third kappa shape index (κ3) is 5.01. The minimum Gasteiger partial charge on any atom is -0.506 e. The van der Waals surface area contributed by atoms with Gasteiger partial charge in [0.05, 0.1) is 36.1 Å². The minimum absolute atomic E-state index is 0.102. The molecule has 162 valence electrons. The van der Waals surface area contributed by atoms with Crippen LogP contribution in [0, 0.1) is 0 Å². The fourth-order valence-corrected chi connectivity index (χ4v) is 4.03. The zero-order valence-electron chi connectivity index (χ0n) is 16.5. The number of sulfonamides is 1. The quantitative estimate of drug-likeness (QED) is 0.455. The van der Waals surface area contributed by atoms with Crippen LogP contribution in [-0.4, -0.2) is 33.7 Å². The minimum atomic E-state index is -4.04. The van der Waals surface area contributed by atoms with E-state index in [0.717, 1.165) is 6.07 Å². The average molecular weight is 463 g/mol. The number of carbonyl (C=O) groups excluding carboxylic acids is 1. The van der Waals surface area contributed by atoms with Crippen LogP contribution >= 0.6 is 11.6 Å². The summed E-state index contributed by atoms with van der Waals surface area (Å²) < 4.78 is 38.4. The van der Waals surface area contributed by atoms with Crippen molar-refractivity contribution < 1.29 is 27.8 Å². The van der Waals surface area contributed by atoms with Crippen LogP contribution in [0.4, 0.5) is 11.4 Å². The number of halogens is 1. The fourth-order valence-electron chi connectivity index (χ4n) is 2.76. The second-order valence-corrected chi connectivity index (χ2v) is 8.40. The first kappa shape index (κ1) is 22.3. The summed E-state index contributed by atoms with van der Waals surface area (Å²) in [5, 5.41) is 12.9. The summed E-state index contributed by atoms with van der Waals surface area (Å²) in [6.45, 7) is 0. The maximum Gasteiger partial charge on any atom is 0.262 e. The molecule has 0 aliphatic heterocycles. The molecule has 3 aromatic carbocycles. The van der Waals surface area contributed by atoms with E-state index in [4.69, 9.17) is 21.1 Å². The Labute approximate surface area is 184 Å². The zero-order valence-corrected chi connectivity index (χ0v) is 18.1. The molecule has 0 saturated carbocycles. The third-order valence-corrected chi connectivity index (χ3v) is 5.88. The van der Waals surface area contributed by atoms with E-state index in [1.54, 1.807) is 30.3 Å². The first-order valence-electron chi connectivity index (χ1n) is 8.89. The Morgan fingerprint density at radius 1 is 0.935 bits per heavy atom. The number of rotatable bonds is 7. The van der Waals surface area contributed by atoms with E-state index in [1.807, 2.05) is 0 Å². The van der Waals surface area contributed by atoms with Crippen molar-refractivity contribution in [1.82, 2.24) is 0 Å². The second kappa shape index (κ2) is 9.15. The molecule has 1 amide bonds. The Hall–Kier alpha value is -3.43. The van der Waals surface area contributed by atoms with Gasteiger partial charge in [-0.25, -0.2) is 8.42 Å². The number of benzene rings is 3. The maximum atomic E-state index is 12.8. The SMILES string of the molecule is COc1ccccc1NS(=O)(=O)c1ccc(O)c(NC(=O)c2cc(Cl)ccc2OC)c1. The van der Waals surface area contributed by atoms with E-state index >= 15 is 0 Å². The lowest BCUT2D eigenvalue weighted by Gasteiger charge is -2.14. The molecular weight excluding hydrogens is 444 g/mol. The van der Waals surface area contributed by atoms with Gasteiger partial charge in [0.2, 0.25) is 0 Å². The van der Waals surface area contributed by atoms with Gasteiger partial charge in [-0.2, -0.15) is 0 Å². The van der Waals surface area contributed by atoms with Crippen LogP contribution < -0.4 is 19.5 Å². The number of hydrogen-bond donors (Lipinski definition) is 3. The molecule has 10 heteroatoms. The van der Waals surface area contributed by atoms with Crippen molar-refractivity contribution in [2.45, 2.75) is 4.90 Å². The monoisotopic (exact) mass is 462 g/mol. The first-order valence-corrected chi connectivity index (χ1v) is 10.7. The average Bonchev–Trinajstić information content (AvgIpc) is 2.75. The van der Waals surface area contributed by atoms with Crippen molar-refractivity contribution >= 4 is 38.9 Å². The van der Waals surface area contributed by atoms with Gasteiger partial charge in [0.15, 0.2) is 0 Å². The van der Waals surface area contributed by atoms with Crippen LogP contribution in [0.15, 0.2) is 65.6 Å². The van der Waals surface area contributed by atoms with Crippen LogP contribution in [0.25, 0.3) is 0 Å². The number of methoxy groups -OCH3 is 2. The maximum absolute atomic E-state index is 12.8. The third-order valence-electron chi connectivity index (χ3n) is 4.28. The Morgan fingerprint density at radius 3 is 2.35 bits per heavy atom. The molecule has 3 rings (SSSR count). The highest BCUT2D eigenvalue weighted by Gasteiger charge is 2.20. The normalized spacial score (nSPS) is 10.9. The molecular formula is C21H19ClN2O6S. The first-order chi connectivity index (χ1) is 14.7. The highest BCUT2D eigenvalue weighted by Crippen LogP contribution is 2.31. The lowest BCUT2D eigenvalue weighted by atomic mass is 10.1. The van der Waals surface area contributed by atoms with Crippen molar-refractivity contribution in [2.24, 2.45) is 0 Å². The van der Waals surface area contributed by atoms with Crippen LogP contribution in [0.5, 0.6) is 17.2 Å². The van der Waals surface area contributed by atoms with Crippen LogP contribution in [0.1, 0.15) is 10.4 Å². The van der Waals surface area contributed by atoms with Crippen LogP contribution in [0.3, 0.4) is 0 Å². The molecule has 8 nitrogen and oxygen atoms in total. The molecule has 0 aromatic heterocycles. The van der Waals surface area contributed by atoms with Gasteiger partial charge in [-0.15, -0.1) is 0 Å². The fraction of sp³-hybridized carbons (Fsp3) is 0.0952. The van der Waals surface area contributed by atoms with Gasteiger partial charge in [0.1, 0.15) is 17.2 Å². The molecule has 0 aliphatic rings. The summed E-state index contributed by atoms with van der Waals surface area (Å²) >= 11 is 5.96. The molecule has 0 spiro atoms. The number of anilines is 2. The predicted octanol–water partition coefficient (Wildman–Crippen LogP) is 4.12. The molecule has 0 atom stereocenters. The Morgan fingerprint density at radius 2 is 1.65 bits per heavy atom. The Bertz CT molecular complexity index is 1230. The van der Waals surface area contributed by atoms with E-state index in [2.05, 4.69) is 10.0 Å². The van der Waals surface area contributed by atoms with Gasteiger partial charge in [-0.05, 0) is 48.5 Å². The van der Waals surface area contributed by atoms with E-state index in [0.29, 0.717) is 10.8 Å². The Kier molecular flexibility index (Phi) is 6.57. The lowest BCUT2D eigenvalue weighted by molar-refractivity contribution is 0.102. The zero-order chi connectivity index (χ0) is 22.6. The molecule has 3 aromatic rings. The van der Waals surface area contributed by atoms with Gasteiger partial charge in [0, 0.05) is 5.02 Å². The van der Waals surface area contributed by atoms with E-state index < -0.39 is 15.9 Å². The number of aromatic hydroxyl groups is 1. The van der Waals surface area contributed by atoms with Crippen molar-refractivity contribution in [3.8, 4) is 17.2 Å². The van der Waals surface area contributed by atoms with Crippen LogP contribution in [0.2, 0.25) is 5.02 Å². The molecule has 0 saturated heterocycles. The van der Waals surface area contributed by atoms with Crippen molar-refractivity contribution in [3.63, 3.8) is 0 Å². The summed E-state index contributed by atoms with van der Waals surface area (Å²) in [6.07, 6.45) is 0. The molecule has 0 unspecified atom stereocenters. The van der Waals surface area contributed by atoms with Crippen molar-refractivity contribution in [2.75, 3.05) is 24.3 Å². The van der Waals surface area contributed by atoms with E-state index in [9.17, 15) is 18.3 Å². The molecule has 0 radical (unpaired) electrons. The highest BCUT2D eigenvalue weighted by atomic mass is 35.5.